The lowest BCUT2D eigenvalue weighted by atomic mass is 10.0. The van der Waals surface area contributed by atoms with E-state index in [4.69, 9.17) is 14.8 Å². The average Bonchev–Trinajstić information content (AvgIpc) is 3.09. The minimum atomic E-state index is -4.39. The SMILES string of the molecule is CCCCCCCCCCCCCCCCC/C=C/C(O)C(COP(=O)(O)OCCN)NC(=O)CC(O)CCCCCCCCCCCCC. The van der Waals surface area contributed by atoms with E-state index in [1.54, 1.807) is 6.08 Å². The summed E-state index contributed by atoms with van der Waals surface area (Å²) in [5.74, 6) is -0.445. The number of nitrogens with one attached hydrogen (secondary N) is 1. The third kappa shape index (κ3) is 34.3. The number of hydrogen-bond donors (Lipinski definition) is 5. The van der Waals surface area contributed by atoms with E-state index in [0.717, 1.165) is 38.5 Å². The molecular weight excluding hydrogens is 651 g/mol. The Labute approximate surface area is 307 Å². The summed E-state index contributed by atoms with van der Waals surface area (Å²) in [7, 11) is -4.39. The van der Waals surface area contributed by atoms with E-state index in [0.29, 0.717) is 6.42 Å². The minimum Gasteiger partial charge on any atom is -0.393 e. The standard InChI is InChI=1S/C40H81N2O7P/c1-3-5-7-9-11-13-15-16-17-18-19-20-22-24-26-28-30-32-39(44)38(36-49-50(46,47)48-34-33-41)42-40(45)35-37(43)31-29-27-25-23-21-14-12-10-8-6-4-2/h30,32,37-39,43-44H,3-29,31,33-36,41H2,1-2H3,(H,42,45)(H,46,47)/b32-30+. The average molecular weight is 733 g/mol. The molecule has 0 fully saturated rings. The van der Waals surface area contributed by atoms with Crippen LogP contribution in [0, 0.1) is 0 Å². The number of allylic oxidation sites excluding steroid dienone is 1. The normalized spacial score (nSPS) is 14.9. The Kier molecular flexibility index (Phi) is 36.0. The molecule has 0 aliphatic rings. The maximum atomic E-state index is 12.8. The molecule has 298 valence electrons. The smallest absolute Gasteiger partial charge is 0.393 e. The zero-order valence-electron chi connectivity index (χ0n) is 32.5. The van der Waals surface area contributed by atoms with Crippen LogP contribution in [0.3, 0.4) is 0 Å². The molecule has 0 saturated heterocycles. The zero-order chi connectivity index (χ0) is 37.0. The lowest BCUT2D eigenvalue weighted by Crippen LogP contribution is -2.46. The van der Waals surface area contributed by atoms with Crippen LogP contribution in [0.1, 0.15) is 200 Å². The van der Waals surface area contributed by atoms with Crippen molar-refractivity contribution in [3.8, 4) is 0 Å². The van der Waals surface area contributed by atoms with Gasteiger partial charge >= 0.3 is 7.82 Å². The lowest BCUT2D eigenvalue weighted by Gasteiger charge is -2.24. The molecule has 50 heavy (non-hydrogen) atoms. The molecule has 0 radical (unpaired) electrons. The van der Waals surface area contributed by atoms with E-state index in [2.05, 4.69) is 19.2 Å². The van der Waals surface area contributed by atoms with Crippen LogP contribution in [0.4, 0.5) is 0 Å². The number of rotatable bonds is 39. The number of aliphatic hydroxyl groups excluding tert-OH is 2. The summed E-state index contributed by atoms with van der Waals surface area (Å²) in [5, 5.41) is 24.0. The second kappa shape index (κ2) is 36.6. The molecule has 1 amide bonds. The Morgan fingerprint density at radius 2 is 1.10 bits per heavy atom. The van der Waals surface area contributed by atoms with Crippen molar-refractivity contribution in [2.24, 2.45) is 5.73 Å². The van der Waals surface area contributed by atoms with Gasteiger partial charge in [-0.05, 0) is 19.3 Å². The number of phosphoric ester groups is 1. The predicted octanol–water partition coefficient (Wildman–Crippen LogP) is 10.2. The topological polar surface area (TPSA) is 151 Å². The summed E-state index contributed by atoms with van der Waals surface area (Å²) in [6.45, 7) is 3.97. The second-order valence-corrected chi connectivity index (χ2v) is 15.9. The fourth-order valence-corrected chi connectivity index (χ4v) is 6.99. The number of phosphoric acid groups is 1. The molecule has 0 heterocycles. The first kappa shape index (κ1) is 49.2. The summed E-state index contributed by atoms with van der Waals surface area (Å²) < 4.78 is 22.0. The fourth-order valence-electron chi connectivity index (χ4n) is 6.23. The van der Waals surface area contributed by atoms with Crippen molar-refractivity contribution in [3.63, 3.8) is 0 Å². The van der Waals surface area contributed by atoms with Crippen molar-refractivity contribution in [2.75, 3.05) is 19.8 Å². The van der Waals surface area contributed by atoms with Gasteiger partial charge in [0.15, 0.2) is 0 Å². The predicted molar refractivity (Wildman–Crippen MR) is 209 cm³/mol. The van der Waals surface area contributed by atoms with Gasteiger partial charge in [-0.1, -0.05) is 187 Å². The highest BCUT2D eigenvalue weighted by Gasteiger charge is 2.27. The van der Waals surface area contributed by atoms with Gasteiger partial charge in [0.1, 0.15) is 0 Å². The van der Waals surface area contributed by atoms with E-state index in [-0.39, 0.29) is 19.6 Å². The van der Waals surface area contributed by atoms with E-state index in [9.17, 15) is 24.5 Å². The number of unbranched alkanes of at least 4 members (excludes halogenated alkanes) is 25. The van der Waals surface area contributed by atoms with E-state index < -0.39 is 38.6 Å². The van der Waals surface area contributed by atoms with Crippen LogP contribution < -0.4 is 11.1 Å². The van der Waals surface area contributed by atoms with Gasteiger partial charge in [-0.3, -0.25) is 13.8 Å². The van der Waals surface area contributed by atoms with Crippen molar-refractivity contribution in [1.82, 2.24) is 5.32 Å². The van der Waals surface area contributed by atoms with Crippen molar-refractivity contribution < 1.29 is 33.5 Å². The molecule has 0 aromatic heterocycles. The molecule has 0 saturated carbocycles. The Bertz CT molecular complexity index is 817. The zero-order valence-corrected chi connectivity index (χ0v) is 33.4. The number of carbonyl (C=O) groups is 1. The highest BCUT2D eigenvalue weighted by atomic mass is 31.2. The molecule has 6 N–H and O–H groups in total. The van der Waals surface area contributed by atoms with Crippen LogP contribution in [0.2, 0.25) is 0 Å². The van der Waals surface area contributed by atoms with Gasteiger partial charge < -0.3 is 26.2 Å². The molecular formula is C40H81N2O7P. The summed E-state index contributed by atoms with van der Waals surface area (Å²) in [4.78, 5) is 22.7. The number of nitrogens with two attached hydrogens (primary N) is 1. The van der Waals surface area contributed by atoms with Crippen molar-refractivity contribution in [1.29, 1.82) is 0 Å². The van der Waals surface area contributed by atoms with Gasteiger partial charge in [-0.25, -0.2) is 4.57 Å². The molecule has 4 atom stereocenters. The highest BCUT2D eigenvalue weighted by Crippen LogP contribution is 2.43. The Balaban J connectivity index is 4.35. The second-order valence-electron chi connectivity index (χ2n) is 14.4. The molecule has 0 aliphatic heterocycles. The van der Waals surface area contributed by atoms with Crippen LogP contribution >= 0.6 is 7.82 Å². The lowest BCUT2D eigenvalue weighted by molar-refractivity contribution is -0.124. The van der Waals surface area contributed by atoms with Crippen molar-refractivity contribution in [3.05, 3.63) is 12.2 Å². The van der Waals surface area contributed by atoms with Crippen LogP contribution in [0.5, 0.6) is 0 Å². The Hall–Kier alpha value is -0.800. The molecule has 0 bridgehead atoms. The van der Waals surface area contributed by atoms with Gasteiger partial charge in [0, 0.05) is 6.54 Å². The first-order chi connectivity index (χ1) is 24.3. The molecule has 0 aromatic carbocycles. The van der Waals surface area contributed by atoms with E-state index in [1.807, 2.05) is 6.08 Å². The monoisotopic (exact) mass is 733 g/mol. The van der Waals surface area contributed by atoms with Gasteiger partial charge in [0.05, 0.1) is 37.9 Å². The van der Waals surface area contributed by atoms with Crippen LogP contribution in [0.25, 0.3) is 0 Å². The van der Waals surface area contributed by atoms with Gasteiger partial charge in [-0.2, -0.15) is 0 Å². The van der Waals surface area contributed by atoms with Crippen LogP contribution in [0.15, 0.2) is 12.2 Å². The molecule has 10 heteroatoms. The minimum absolute atomic E-state index is 0.0513. The largest absolute Gasteiger partial charge is 0.472 e. The quantitative estimate of drug-likeness (QED) is 0.0238. The number of aliphatic hydroxyl groups is 2. The van der Waals surface area contributed by atoms with Crippen LogP contribution in [-0.2, 0) is 18.4 Å². The molecule has 0 rings (SSSR count). The Morgan fingerprint density at radius 3 is 1.54 bits per heavy atom. The fraction of sp³-hybridized carbons (Fsp3) is 0.925. The molecule has 4 unspecified atom stereocenters. The number of hydrogen-bond acceptors (Lipinski definition) is 7. The summed E-state index contributed by atoms with van der Waals surface area (Å²) in [5.41, 5.74) is 5.35. The van der Waals surface area contributed by atoms with Crippen LogP contribution in [-0.4, -0.2) is 59.0 Å². The van der Waals surface area contributed by atoms with Gasteiger partial charge in [0.2, 0.25) is 5.91 Å². The molecule has 9 nitrogen and oxygen atoms in total. The third-order valence-corrected chi connectivity index (χ3v) is 10.4. The van der Waals surface area contributed by atoms with Crippen molar-refractivity contribution in [2.45, 2.75) is 218 Å². The first-order valence-corrected chi connectivity index (χ1v) is 22.4. The summed E-state index contributed by atoms with van der Waals surface area (Å²) >= 11 is 0. The molecule has 0 aliphatic carbocycles. The molecule has 0 aromatic rings. The number of carbonyl (C=O) groups excluding carboxylic acids is 1. The summed E-state index contributed by atoms with van der Waals surface area (Å²) in [6, 6.07) is -0.976. The Morgan fingerprint density at radius 1 is 0.680 bits per heavy atom. The third-order valence-electron chi connectivity index (χ3n) is 9.42. The van der Waals surface area contributed by atoms with Gasteiger partial charge in [-0.15, -0.1) is 0 Å². The van der Waals surface area contributed by atoms with Crippen molar-refractivity contribution >= 4 is 13.7 Å². The first-order valence-electron chi connectivity index (χ1n) is 20.9. The maximum absolute atomic E-state index is 12.8. The molecule has 0 spiro atoms. The van der Waals surface area contributed by atoms with Gasteiger partial charge in [0.25, 0.3) is 0 Å². The number of amides is 1. The summed E-state index contributed by atoms with van der Waals surface area (Å²) in [6.07, 6.45) is 35.8. The van der Waals surface area contributed by atoms with E-state index in [1.165, 1.54) is 135 Å². The highest BCUT2D eigenvalue weighted by molar-refractivity contribution is 7.47. The maximum Gasteiger partial charge on any atom is 0.472 e. The van der Waals surface area contributed by atoms with E-state index >= 15 is 0 Å².